The van der Waals surface area contributed by atoms with Crippen LogP contribution in [-0.2, 0) is 4.79 Å². The third-order valence-electron chi connectivity index (χ3n) is 3.69. The van der Waals surface area contributed by atoms with Crippen LogP contribution in [-0.4, -0.2) is 30.7 Å². The molecule has 0 saturated heterocycles. The molecule has 0 aliphatic carbocycles. The van der Waals surface area contributed by atoms with Gasteiger partial charge in [-0.15, -0.1) is 0 Å². The number of hydrogen-bond donors (Lipinski definition) is 1. The lowest BCUT2D eigenvalue weighted by Gasteiger charge is -2.13. The minimum Gasteiger partial charge on any atom is -0.490 e. The summed E-state index contributed by atoms with van der Waals surface area (Å²) in [6.45, 7) is 4.97. The van der Waals surface area contributed by atoms with Crippen LogP contribution in [0.5, 0.6) is 17.2 Å². The Hall–Kier alpha value is -3.29. The molecule has 150 valence electrons. The average Bonchev–Trinajstić information content (AvgIpc) is 2.68. The molecule has 8 nitrogen and oxygen atoms in total. The molecule has 2 aromatic carbocycles. The lowest BCUT2D eigenvalue weighted by Crippen LogP contribution is -2.13. The molecular weight excluding hydrogens is 364 g/mol. The second-order valence-corrected chi connectivity index (χ2v) is 5.75. The van der Waals surface area contributed by atoms with Crippen LogP contribution in [0.25, 0.3) is 0 Å². The Bertz CT molecular complexity index is 809. The number of nitrogens with zero attached hydrogens (tertiary/aromatic N) is 1. The quantitative estimate of drug-likeness (QED) is 0.352. The molecule has 2 rings (SSSR count). The molecule has 1 N–H and O–H groups in total. The smallest absolute Gasteiger partial charge is 0.310 e. The van der Waals surface area contributed by atoms with Gasteiger partial charge in [0, 0.05) is 24.2 Å². The van der Waals surface area contributed by atoms with Crippen molar-refractivity contribution in [3.05, 3.63) is 52.6 Å². The molecule has 0 bridgehead atoms. The number of carbonyl (C=O) groups excluding carboxylic acids is 1. The van der Waals surface area contributed by atoms with Crippen molar-refractivity contribution in [2.45, 2.75) is 26.7 Å². The van der Waals surface area contributed by atoms with E-state index in [0.717, 1.165) is 0 Å². The normalized spacial score (nSPS) is 10.2. The lowest BCUT2D eigenvalue weighted by atomic mass is 10.2. The second-order valence-electron chi connectivity index (χ2n) is 5.75. The van der Waals surface area contributed by atoms with Crippen LogP contribution in [0.15, 0.2) is 42.5 Å². The molecule has 8 heteroatoms. The molecule has 2 aromatic rings. The van der Waals surface area contributed by atoms with E-state index in [0.29, 0.717) is 36.8 Å². The van der Waals surface area contributed by atoms with E-state index in [9.17, 15) is 14.9 Å². The number of ether oxygens (including phenoxy) is 3. The van der Waals surface area contributed by atoms with E-state index in [1.807, 2.05) is 13.8 Å². The zero-order valence-corrected chi connectivity index (χ0v) is 16.0. The van der Waals surface area contributed by atoms with Crippen molar-refractivity contribution in [2.75, 3.05) is 25.1 Å². The van der Waals surface area contributed by atoms with Gasteiger partial charge in [0.1, 0.15) is 0 Å². The van der Waals surface area contributed by atoms with E-state index < -0.39 is 4.92 Å². The summed E-state index contributed by atoms with van der Waals surface area (Å²) in [5.74, 6) is 1.21. The number of hydrogen-bond acceptors (Lipinski definition) is 6. The first kappa shape index (κ1) is 21.0. The van der Waals surface area contributed by atoms with Crippen molar-refractivity contribution in [3.8, 4) is 17.2 Å². The van der Waals surface area contributed by atoms with Crippen LogP contribution in [0.4, 0.5) is 11.4 Å². The van der Waals surface area contributed by atoms with Crippen LogP contribution >= 0.6 is 0 Å². The summed E-state index contributed by atoms with van der Waals surface area (Å²) in [6, 6.07) is 11.4. The molecule has 0 fully saturated rings. The predicted octanol–water partition coefficient (Wildman–Crippen LogP) is 4.19. The second kappa shape index (κ2) is 10.8. The maximum absolute atomic E-state index is 12.1. The van der Waals surface area contributed by atoms with Gasteiger partial charge in [-0.2, -0.15) is 0 Å². The zero-order chi connectivity index (χ0) is 20.4. The van der Waals surface area contributed by atoms with E-state index in [4.69, 9.17) is 14.2 Å². The fraction of sp³-hybridized carbons (Fsp3) is 0.350. The summed E-state index contributed by atoms with van der Waals surface area (Å²) in [4.78, 5) is 22.6. The highest BCUT2D eigenvalue weighted by Gasteiger charge is 2.13. The fourth-order valence-electron chi connectivity index (χ4n) is 2.50. The molecule has 0 radical (unpaired) electrons. The van der Waals surface area contributed by atoms with Crippen molar-refractivity contribution in [1.82, 2.24) is 0 Å². The number of carbonyl (C=O) groups is 1. The number of anilines is 1. The first-order valence-corrected chi connectivity index (χ1v) is 9.10. The van der Waals surface area contributed by atoms with Crippen LogP contribution in [0.2, 0.25) is 0 Å². The Morgan fingerprint density at radius 2 is 1.71 bits per heavy atom. The maximum atomic E-state index is 12.1. The summed E-state index contributed by atoms with van der Waals surface area (Å²) < 4.78 is 16.5. The van der Waals surface area contributed by atoms with E-state index in [2.05, 4.69) is 5.32 Å². The highest BCUT2D eigenvalue weighted by molar-refractivity contribution is 5.91. The van der Waals surface area contributed by atoms with E-state index in [1.165, 1.54) is 12.1 Å². The number of benzene rings is 2. The van der Waals surface area contributed by atoms with Gasteiger partial charge in [-0.05, 0) is 38.5 Å². The first-order valence-electron chi connectivity index (χ1n) is 9.10. The summed E-state index contributed by atoms with van der Waals surface area (Å²) in [7, 11) is 0. The Balaban J connectivity index is 1.84. The van der Waals surface area contributed by atoms with Gasteiger partial charge in [0.15, 0.2) is 17.2 Å². The van der Waals surface area contributed by atoms with Gasteiger partial charge in [0.25, 0.3) is 0 Å². The van der Waals surface area contributed by atoms with E-state index in [-0.39, 0.29) is 30.4 Å². The van der Waals surface area contributed by atoms with Gasteiger partial charge >= 0.3 is 5.69 Å². The molecule has 0 spiro atoms. The number of para-hydroxylation sites is 2. The summed E-state index contributed by atoms with van der Waals surface area (Å²) in [5, 5.41) is 13.7. The highest BCUT2D eigenvalue weighted by atomic mass is 16.6. The van der Waals surface area contributed by atoms with Crippen LogP contribution in [0, 0.1) is 10.1 Å². The Labute approximate surface area is 163 Å². The number of amides is 1. The van der Waals surface area contributed by atoms with Gasteiger partial charge in [-0.3, -0.25) is 14.9 Å². The van der Waals surface area contributed by atoms with E-state index >= 15 is 0 Å². The standard InChI is InChI=1S/C20H24N2O6/c1-3-26-18-12-11-15(14-19(18)27-4-2)21-20(23)10-7-13-28-17-9-6-5-8-16(17)22(24)25/h5-6,8-9,11-12,14H,3-4,7,10,13H2,1-2H3,(H,21,23). The number of nitro benzene ring substituents is 1. The van der Waals surface area contributed by atoms with Crippen LogP contribution < -0.4 is 19.5 Å². The molecule has 0 aliphatic heterocycles. The molecule has 1 amide bonds. The number of rotatable bonds is 11. The minimum atomic E-state index is -0.496. The maximum Gasteiger partial charge on any atom is 0.310 e. The molecule has 0 aliphatic rings. The fourth-order valence-corrected chi connectivity index (χ4v) is 2.50. The first-order chi connectivity index (χ1) is 13.5. The van der Waals surface area contributed by atoms with Gasteiger partial charge in [-0.1, -0.05) is 12.1 Å². The van der Waals surface area contributed by atoms with Gasteiger partial charge in [-0.25, -0.2) is 0 Å². The van der Waals surface area contributed by atoms with Crippen molar-refractivity contribution in [2.24, 2.45) is 0 Å². The van der Waals surface area contributed by atoms with Gasteiger partial charge in [0.2, 0.25) is 5.91 Å². The van der Waals surface area contributed by atoms with Crippen molar-refractivity contribution >= 4 is 17.3 Å². The van der Waals surface area contributed by atoms with Crippen molar-refractivity contribution in [1.29, 1.82) is 0 Å². The SMILES string of the molecule is CCOc1ccc(NC(=O)CCCOc2ccccc2[N+](=O)[O-])cc1OCC. The third kappa shape index (κ3) is 6.15. The highest BCUT2D eigenvalue weighted by Crippen LogP contribution is 2.30. The van der Waals surface area contributed by atoms with Gasteiger partial charge < -0.3 is 19.5 Å². The number of nitro groups is 1. The predicted molar refractivity (Wildman–Crippen MR) is 105 cm³/mol. The molecule has 0 aromatic heterocycles. The monoisotopic (exact) mass is 388 g/mol. The zero-order valence-electron chi connectivity index (χ0n) is 16.0. The Kier molecular flexibility index (Phi) is 8.08. The molecule has 0 saturated carbocycles. The Morgan fingerprint density at radius 1 is 1.00 bits per heavy atom. The average molecular weight is 388 g/mol. The molecule has 0 unspecified atom stereocenters. The van der Waals surface area contributed by atoms with Gasteiger partial charge in [0.05, 0.1) is 24.7 Å². The summed E-state index contributed by atoms with van der Waals surface area (Å²) >= 11 is 0. The van der Waals surface area contributed by atoms with Crippen LogP contribution in [0.3, 0.4) is 0 Å². The molecule has 0 atom stereocenters. The summed E-state index contributed by atoms with van der Waals surface area (Å²) in [6.07, 6.45) is 0.644. The van der Waals surface area contributed by atoms with Crippen molar-refractivity contribution < 1.29 is 23.9 Å². The van der Waals surface area contributed by atoms with E-state index in [1.54, 1.807) is 30.3 Å². The minimum absolute atomic E-state index is 0.0928. The number of nitrogens with one attached hydrogen (secondary N) is 1. The lowest BCUT2D eigenvalue weighted by molar-refractivity contribution is -0.385. The molecular formula is C20H24N2O6. The third-order valence-corrected chi connectivity index (χ3v) is 3.69. The van der Waals surface area contributed by atoms with Crippen molar-refractivity contribution in [3.63, 3.8) is 0 Å². The largest absolute Gasteiger partial charge is 0.490 e. The molecule has 0 heterocycles. The Morgan fingerprint density at radius 3 is 2.43 bits per heavy atom. The topological polar surface area (TPSA) is 99.9 Å². The summed E-state index contributed by atoms with van der Waals surface area (Å²) in [5.41, 5.74) is 0.515. The van der Waals surface area contributed by atoms with Crippen LogP contribution in [0.1, 0.15) is 26.7 Å². The molecule has 28 heavy (non-hydrogen) atoms.